The number of anilines is 1. The van der Waals surface area contributed by atoms with Crippen molar-refractivity contribution < 1.29 is 28.8 Å². The van der Waals surface area contributed by atoms with Crippen LogP contribution in [0.4, 0.5) is 11.4 Å². The summed E-state index contributed by atoms with van der Waals surface area (Å²) in [5.41, 5.74) is 1.95. The number of non-ortho nitro benzene ring substituents is 1. The average molecular weight is 484 g/mol. The second-order valence-corrected chi connectivity index (χ2v) is 8.36. The van der Waals surface area contributed by atoms with Gasteiger partial charge < -0.3 is 19.7 Å². The fourth-order valence-electron chi connectivity index (χ4n) is 3.86. The Kier molecular flexibility index (Phi) is 8.53. The van der Waals surface area contributed by atoms with Crippen LogP contribution in [0.15, 0.2) is 36.4 Å². The molecule has 1 unspecified atom stereocenters. The van der Waals surface area contributed by atoms with E-state index in [1.54, 1.807) is 13.0 Å². The molecule has 186 valence electrons. The van der Waals surface area contributed by atoms with Crippen LogP contribution >= 0.6 is 0 Å². The van der Waals surface area contributed by atoms with Crippen molar-refractivity contribution in [2.45, 2.75) is 39.7 Å². The number of ether oxygens (including phenoxy) is 2. The van der Waals surface area contributed by atoms with Crippen LogP contribution in [0.25, 0.3) is 0 Å². The highest BCUT2D eigenvalue weighted by atomic mass is 16.6. The van der Waals surface area contributed by atoms with Crippen molar-refractivity contribution >= 4 is 29.2 Å². The minimum atomic E-state index is -0.774. The van der Waals surface area contributed by atoms with Crippen LogP contribution in [0.5, 0.6) is 0 Å². The largest absolute Gasteiger partial charge is 0.462 e. The summed E-state index contributed by atoms with van der Waals surface area (Å²) in [6.45, 7) is 5.92. The molecule has 0 aliphatic carbocycles. The number of nitro benzene ring substituents is 1. The number of hydrogen-bond acceptors (Lipinski definition) is 7. The van der Waals surface area contributed by atoms with E-state index in [-0.39, 0.29) is 36.9 Å². The fraction of sp³-hybridized carbons (Fsp3) is 0.400. The summed E-state index contributed by atoms with van der Waals surface area (Å²) in [7, 11) is 0. The number of nitro groups is 1. The Bertz CT molecular complexity index is 1130. The van der Waals surface area contributed by atoms with Gasteiger partial charge in [-0.2, -0.15) is 0 Å². The lowest BCUT2D eigenvalue weighted by molar-refractivity contribution is -0.384. The molecule has 10 heteroatoms. The number of amides is 2. The Hall–Kier alpha value is -3.79. The first-order chi connectivity index (χ1) is 16.7. The van der Waals surface area contributed by atoms with Crippen LogP contribution in [-0.2, 0) is 14.3 Å². The highest BCUT2D eigenvalue weighted by Crippen LogP contribution is 2.22. The first kappa shape index (κ1) is 25.8. The minimum absolute atomic E-state index is 0.0779. The normalized spacial score (nSPS) is 14.9. The Balaban J connectivity index is 1.89. The summed E-state index contributed by atoms with van der Waals surface area (Å²) in [4.78, 5) is 50.7. The van der Waals surface area contributed by atoms with Crippen molar-refractivity contribution in [3.8, 4) is 0 Å². The van der Waals surface area contributed by atoms with E-state index in [1.165, 1.54) is 11.0 Å². The van der Waals surface area contributed by atoms with Gasteiger partial charge in [-0.3, -0.25) is 19.7 Å². The second-order valence-electron chi connectivity index (χ2n) is 8.36. The molecule has 1 atom stereocenters. The summed E-state index contributed by atoms with van der Waals surface area (Å²) >= 11 is 0. The van der Waals surface area contributed by atoms with E-state index in [0.717, 1.165) is 36.1 Å². The first-order valence-corrected chi connectivity index (χ1v) is 11.4. The van der Waals surface area contributed by atoms with Gasteiger partial charge in [0.2, 0.25) is 5.91 Å². The smallest absolute Gasteiger partial charge is 0.338 e. The number of esters is 1. The Morgan fingerprint density at radius 2 is 1.94 bits per heavy atom. The standard InChI is InChI=1S/C25H29N3O7/c1-4-34-25(31)19-11-18(12-20(13-19)28(32)33)24(30)27(14-21-8-6-10-35-21)15-23(29)26-22-9-5-7-16(2)17(22)3/h5,7,9,11-13,21H,4,6,8,10,14-15H2,1-3H3,(H,26,29). The lowest BCUT2D eigenvalue weighted by Crippen LogP contribution is -2.42. The Morgan fingerprint density at radius 3 is 2.60 bits per heavy atom. The number of carbonyl (C=O) groups excluding carboxylic acids is 3. The highest BCUT2D eigenvalue weighted by Gasteiger charge is 2.27. The van der Waals surface area contributed by atoms with Gasteiger partial charge in [0.1, 0.15) is 6.54 Å². The highest BCUT2D eigenvalue weighted by molar-refractivity contribution is 6.02. The molecule has 0 spiro atoms. The molecule has 2 aromatic rings. The van der Waals surface area contributed by atoms with Gasteiger partial charge in [-0.25, -0.2) is 4.79 Å². The first-order valence-electron chi connectivity index (χ1n) is 11.4. The van der Waals surface area contributed by atoms with Gasteiger partial charge >= 0.3 is 5.97 Å². The van der Waals surface area contributed by atoms with Gasteiger partial charge in [0, 0.05) is 36.5 Å². The number of hydrogen-bond donors (Lipinski definition) is 1. The molecule has 1 aliphatic heterocycles. The van der Waals surface area contributed by atoms with Crippen LogP contribution in [-0.4, -0.2) is 60.0 Å². The van der Waals surface area contributed by atoms with E-state index >= 15 is 0 Å². The molecule has 0 saturated carbocycles. The molecule has 3 rings (SSSR count). The predicted octanol–water partition coefficient (Wildman–Crippen LogP) is 3.65. The van der Waals surface area contributed by atoms with E-state index < -0.39 is 28.4 Å². The summed E-state index contributed by atoms with van der Waals surface area (Å²) in [5, 5.41) is 14.3. The van der Waals surface area contributed by atoms with Gasteiger partial charge in [0.25, 0.3) is 11.6 Å². The van der Waals surface area contributed by atoms with Crippen molar-refractivity contribution in [2.24, 2.45) is 0 Å². The molecule has 0 radical (unpaired) electrons. The summed E-state index contributed by atoms with van der Waals surface area (Å²) in [5.74, 6) is -1.81. The van der Waals surface area contributed by atoms with E-state index in [1.807, 2.05) is 26.0 Å². The monoisotopic (exact) mass is 483 g/mol. The molecule has 0 aromatic heterocycles. The molecular formula is C25H29N3O7. The number of benzene rings is 2. The maximum atomic E-state index is 13.5. The maximum Gasteiger partial charge on any atom is 0.338 e. The molecule has 2 amide bonds. The molecule has 0 bridgehead atoms. The van der Waals surface area contributed by atoms with E-state index in [4.69, 9.17) is 9.47 Å². The van der Waals surface area contributed by atoms with Crippen molar-refractivity contribution in [1.29, 1.82) is 0 Å². The van der Waals surface area contributed by atoms with Crippen LogP contribution in [0.1, 0.15) is 51.6 Å². The van der Waals surface area contributed by atoms with Gasteiger partial charge in [-0.15, -0.1) is 0 Å². The van der Waals surface area contributed by atoms with Gasteiger partial charge in [-0.05, 0) is 56.9 Å². The van der Waals surface area contributed by atoms with Gasteiger partial charge in [0.15, 0.2) is 0 Å². The third-order valence-electron chi connectivity index (χ3n) is 5.84. The van der Waals surface area contributed by atoms with E-state index in [2.05, 4.69) is 5.32 Å². The summed E-state index contributed by atoms with van der Waals surface area (Å²) in [6.07, 6.45) is 1.31. The zero-order valence-electron chi connectivity index (χ0n) is 20.0. The molecule has 1 N–H and O–H groups in total. The van der Waals surface area contributed by atoms with Crippen molar-refractivity contribution in [1.82, 2.24) is 4.90 Å². The molecule has 1 aliphatic rings. The Labute approximate surface area is 203 Å². The van der Waals surface area contributed by atoms with E-state index in [9.17, 15) is 24.5 Å². The number of nitrogens with zero attached hydrogens (tertiary/aromatic N) is 2. The van der Waals surface area contributed by atoms with Gasteiger partial charge in [0.05, 0.1) is 23.2 Å². The number of rotatable bonds is 9. The summed E-state index contributed by atoms with van der Waals surface area (Å²) < 4.78 is 10.6. The van der Waals surface area contributed by atoms with Crippen molar-refractivity contribution in [2.75, 3.05) is 31.6 Å². The quantitative estimate of drug-likeness (QED) is 0.327. The van der Waals surface area contributed by atoms with Crippen LogP contribution in [0.3, 0.4) is 0 Å². The number of nitrogens with one attached hydrogen (secondary N) is 1. The SMILES string of the molecule is CCOC(=O)c1cc(C(=O)N(CC(=O)Nc2cccc(C)c2C)CC2CCCO2)cc([N+](=O)[O-])c1. The lowest BCUT2D eigenvalue weighted by Gasteiger charge is -2.25. The zero-order chi connectivity index (χ0) is 25.5. The van der Waals surface area contributed by atoms with E-state index in [0.29, 0.717) is 12.3 Å². The van der Waals surface area contributed by atoms with Crippen molar-refractivity contribution in [3.05, 3.63) is 68.8 Å². The van der Waals surface area contributed by atoms with Crippen LogP contribution < -0.4 is 5.32 Å². The molecule has 1 saturated heterocycles. The predicted molar refractivity (Wildman–Crippen MR) is 128 cm³/mol. The van der Waals surface area contributed by atoms with Crippen LogP contribution in [0.2, 0.25) is 0 Å². The molecule has 2 aromatic carbocycles. The Morgan fingerprint density at radius 1 is 1.20 bits per heavy atom. The summed E-state index contributed by atoms with van der Waals surface area (Å²) in [6, 6.07) is 8.94. The molecular weight excluding hydrogens is 454 g/mol. The lowest BCUT2D eigenvalue weighted by atomic mass is 10.1. The number of aryl methyl sites for hydroxylation is 1. The molecule has 1 fully saturated rings. The molecule has 1 heterocycles. The number of carbonyl (C=O) groups is 3. The van der Waals surface area contributed by atoms with Crippen molar-refractivity contribution in [3.63, 3.8) is 0 Å². The average Bonchev–Trinajstić information content (AvgIpc) is 3.34. The van der Waals surface area contributed by atoms with Gasteiger partial charge in [-0.1, -0.05) is 12.1 Å². The van der Waals surface area contributed by atoms with Crippen LogP contribution in [0, 0.1) is 24.0 Å². The zero-order valence-corrected chi connectivity index (χ0v) is 20.0. The fourth-order valence-corrected chi connectivity index (χ4v) is 3.86. The second kappa shape index (κ2) is 11.6. The molecule has 35 heavy (non-hydrogen) atoms. The minimum Gasteiger partial charge on any atom is -0.462 e. The topological polar surface area (TPSA) is 128 Å². The maximum absolute atomic E-state index is 13.5. The third kappa shape index (κ3) is 6.63. The third-order valence-corrected chi connectivity index (χ3v) is 5.84. The molecule has 10 nitrogen and oxygen atoms in total.